The van der Waals surface area contributed by atoms with Crippen molar-refractivity contribution in [2.45, 2.75) is 20.3 Å². The molecule has 2 aromatic carbocycles. The molecule has 0 unspecified atom stereocenters. The van der Waals surface area contributed by atoms with E-state index in [-0.39, 0.29) is 5.91 Å². The molecule has 0 aromatic heterocycles. The Morgan fingerprint density at radius 2 is 1.79 bits per heavy atom. The first-order chi connectivity index (χ1) is 9.04. The summed E-state index contributed by atoms with van der Waals surface area (Å²) in [6.07, 6.45) is 0.367. The number of aryl methyl sites for hydroxylation is 2. The molecule has 0 bridgehead atoms. The average molecular weight is 274 g/mol. The topological polar surface area (TPSA) is 29.1 Å². The van der Waals surface area contributed by atoms with E-state index in [0.717, 1.165) is 16.8 Å². The number of amides is 1. The molecule has 0 aliphatic rings. The van der Waals surface area contributed by atoms with Crippen LogP contribution in [0.4, 0.5) is 5.69 Å². The Bertz CT molecular complexity index is 590. The molecule has 0 fully saturated rings. The molecule has 98 valence electrons. The van der Waals surface area contributed by atoms with Crippen molar-refractivity contribution in [1.82, 2.24) is 0 Å². The van der Waals surface area contributed by atoms with Crippen molar-refractivity contribution in [3.8, 4) is 0 Å². The third-order valence-corrected chi connectivity index (χ3v) is 3.19. The molecular formula is C16H16ClNO. The molecule has 3 heteroatoms. The average Bonchev–Trinajstić information content (AvgIpc) is 2.37. The fraction of sp³-hybridized carbons (Fsp3) is 0.188. The summed E-state index contributed by atoms with van der Waals surface area (Å²) in [5.41, 5.74) is 3.96. The van der Waals surface area contributed by atoms with Gasteiger partial charge in [-0.05, 0) is 37.1 Å². The first-order valence-electron chi connectivity index (χ1n) is 6.16. The minimum atomic E-state index is -0.0331. The zero-order valence-corrected chi connectivity index (χ0v) is 11.8. The van der Waals surface area contributed by atoms with Gasteiger partial charge in [-0.15, -0.1) is 0 Å². The van der Waals surface area contributed by atoms with E-state index in [2.05, 4.69) is 5.32 Å². The van der Waals surface area contributed by atoms with E-state index < -0.39 is 0 Å². The molecule has 2 nitrogen and oxygen atoms in total. The van der Waals surface area contributed by atoms with Gasteiger partial charge < -0.3 is 5.32 Å². The van der Waals surface area contributed by atoms with E-state index in [9.17, 15) is 4.79 Å². The monoisotopic (exact) mass is 273 g/mol. The quantitative estimate of drug-likeness (QED) is 0.895. The predicted molar refractivity (Wildman–Crippen MR) is 79.7 cm³/mol. The van der Waals surface area contributed by atoms with Crippen LogP contribution in [0, 0.1) is 13.8 Å². The van der Waals surface area contributed by atoms with Crippen LogP contribution < -0.4 is 5.32 Å². The lowest BCUT2D eigenvalue weighted by Crippen LogP contribution is -2.15. The van der Waals surface area contributed by atoms with E-state index in [1.165, 1.54) is 5.56 Å². The number of carbonyl (C=O) groups is 1. The van der Waals surface area contributed by atoms with Crippen LogP contribution in [0.25, 0.3) is 0 Å². The second-order valence-corrected chi connectivity index (χ2v) is 5.11. The first-order valence-corrected chi connectivity index (χ1v) is 6.54. The van der Waals surface area contributed by atoms with Gasteiger partial charge in [0.05, 0.1) is 6.42 Å². The van der Waals surface area contributed by atoms with Crippen LogP contribution in [0.5, 0.6) is 0 Å². The van der Waals surface area contributed by atoms with Crippen LogP contribution in [0.15, 0.2) is 42.5 Å². The second kappa shape index (κ2) is 5.89. The van der Waals surface area contributed by atoms with Gasteiger partial charge in [0.15, 0.2) is 0 Å². The van der Waals surface area contributed by atoms with E-state index in [1.807, 2.05) is 50.2 Å². The third kappa shape index (κ3) is 3.83. The van der Waals surface area contributed by atoms with Crippen LogP contribution >= 0.6 is 11.6 Å². The van der Waals surface area contributed by atoms with Crippen molar-refractivity contribution in [2.24, 2.45) is 0 Å². The Hall–Kier alpha value is -1.80. The lowest BCUT2D eigenvalue weighted by Gasteiger charge is -2.09. The van der Waals surface area contributed by atoms with Crippen molar-refractivity contribution in [1.29, 1.82) is 0 Å². The van der Waals surface area contributed by atoms with E-state index in [4.69, 9.17) is 11.6 Å². The number of hydrogen-bond donors (Lipinski definition) is 1. The number of nitrogens with one attached hydrogen (secondary N) is 1. The van der Waals surface area contributed by atoms with Crippen LogP contribution in [-0.4, -0.2) is 5.91 Å². The number of hydrogen-bond acceptors (Lipinski definition) is 1. The third-order valence-electron chi connectivity index (χ3n) is 2.96. The van der Waals surface area contributed by atoms with Crippen molar-refractivity contribution in [2.75, 3.05) is 5.32 Å². The van der Waals surface area contributed by atoms with Crippen molar-refractivity contribution < 1.29 is 4.79 Å². The number of halogens is 1. The fourth-order valence-electron chi connectivity index (χ4n) is 1.81. The molecule has 0 spiro atoms. The van der Waals surface area contributed by atoms with Crippen LogP contribution in [0.1, 0.15) is 16.7 Å². The first kappa shape index (κ1) is 13.6. The molecular weight excluding hydrogens is 258 g/mol. The molecule has 0 saturated carbocycles. The molecule has 1 amide bonds. The van der Waals surface area contributed by atoms with Crippen molar-refractivity contribution >= 4 is 23.2 Å². The standard InChI is InChI=1S/C16H16ClNO/c1-11-3-6-13(7-4-11)9-16(19)18-15-10-14(17)8-5-12(15)2/h3-8,10H,9H2,1-2H3,(H,18,19). The second-order valence-electron chi connectivity index (χ2n) is 4.67. The van der Waals surface area contributed by atoms with Gasteiger partial charge in [0, 0.05) is 10.7 Å². The lowest BCUT2D eigenvalue weighted by molar-refractivity contribution is -0.115. The smallest absolute Gasteiger partial charge is 0.228 e. The Balaban J connectivity index is 2.05. The molecule has 0 aliphatic carbocycles. The van der Waals surface area contributed by atoms with Gasteiger partial charge in [-0.25, -0.2) is 0 Å². The highest BCUT2D eigenvalue weighted by Crippen LogP contribution is 2.20. The van der Waals surface area contributed by atoms with Gasteiger partial charge >= 0.3 is 0 Å². The Morgan fingerprint density at radius 1 is 1.11 bits per heavy atom. The Kier molecular flexibility index (Phi) is 4.23. The molecule has 0 atom stereocenters. The summed E-state index contributed by atoms with van der Waals surface area (Å²) in [5.74, 6) is -0.0331. The van der Waals surface area contributed by atoms with Gasteiger partial charge in [-0.2, -0.15) is 0 Å². The van der Waals surface area contributed by atoms with Crippen LogP contribution in [-0.2, 0) is 11.2 Å². The Labute approximate surface area is 118 Å². The largest absolute Gasteiger partial charge is 0.326 e. The highest BCUT2D eigenvalue weighted by Gasteiger charge is 2.06. The zero-order valence-electron chi connectivity index (χ0n) is 11.0. The van der Waals surface area contributed by atoms with Gasteiger partial charge in [-0.1, -0.05) is 47.5 Å². The van der Waals surface area contributed by atoms with E-state index in [0.29, 0.717) is 11.4 Å². The molecule has 2 rings (SSSR count). The van der Waals surface area contributed by atoms with E-state index in [1.54, 1.807) is 6.07 Å². The maximum atomic E-state index is 12.0. The highest BCUT2D eigenvalue weighted by atomic mass is 35.5. The lowest BCUT2D eigenvalue weighted by atomic mass is 10.1. The SMILES string of the molecule is Cc1ccc(CC(=O)Nc2cc(Cl)ccc2C)cc1. The molecule has 1 N–H and O–H groups in total. The Morgan fingerprint density at radius 3 is 2.47 bits per heavy atom. The minimum Gasteiger partial charge on any atom is -0.326 e. The summed E-state index contributed by atoms with van der Waals surface area (Å²) in [6.45, 7) is 3.97. The highest BCUT2D eigenvalue weighted by molar-refractivity contribution is 6.31. The minimum absolute atomic E-state index is 0.0331. The molecule has 2 aromatic rings. The number of anilines is 1. The van der Waals surface area contributed by atoms with Crippen LogP contribution in [0.2, 0.25) is 5.02 Å². The molecule has 0 saturated heterocycles. The van der Waals surface area contributed by atoms with Gasteiger partial charge in [-0.3, -0.25) is 4.79 Å². The molecule has 0 radical (unpaired) electrons. The fourth-order valence-corrected chi connectivity index (χ4v) is 1.99. The normalized spacial score (nSPS) is 10.3. The summed E-state index contributed by atoms with van der Waals surface area (Å²) in [6, 6.07) is 13.4. The molecule has 0 heterocycles. The van der Waals surface area contributed by atoms with E-state index >= 15 is 0 Å². The summed E-state index contributed by atoms with van der Waals surface area (Å²) >= 11 is 5.93. The summed E-state index contributed by atoms with van der Waals surface area (Å²) in [7, 11) is 0. The van der Waals surface area contributed by atoms with Crippen molar-refractivity contribution in [3.05, 3.63) is 64.2 Å². The maximum absolute atomic E-state index is 12.0. The summed E-state index contributed by atoms with van der Waals surface area (Å²) in [4.78, 5) is 12.0. The number of rotatable bonds is 3. The maximum Gasteiger partial charge on any atom is 0.228 e. The number of benzene rings is 2. The van der Waals surface area contributed by atoms with Crippen LogP contribution in [0.3, 0.4) is 0 Å². The number of carbonyl (C=O) groups excluding carboxylic acids is 1. The van der Waals surface area contributed by atoms with Gasteiger partial charge in [0.2, 0.25) is 5.91 Å². The van der Waals surface area contributed by atoms with Gasteiger partial charge in [0.25, 0.3) is 0 Å². The van der Waals surface area contributed by atoms with Crippen molar-refractivity contribution in [3.63, 3.8) is 0 Å². The molecule has 0 aliphatic heterocycles. The molecule has 19 heavy (non-hydrogen) atoms. The zero-order chi connectivity index (χ0) is 13.8. The van der Waals surface area contributed by atoms with Gasteiger partial charge in [0.1, 0.15) is 0 Å². The predicted octanol–water partition coefficient (Wildman–Crippen LogP) is 4.14. The summed E-state index contributed by atoms with van der Waals surface area (Å²) < 4.78 is 0. The summed E-state index contributed by atoms with van der Waals surface area (Å²) in [5, 5.41) is 3.51.